The minimum Gasteiger partial charge on any atom is -0.493 e. The number of amidine groups is 1. The van der Waals surface area contributed by atoms with E-state index in [9.17, 15) is 36.3 Å². The van der Waals surface area contributed by atoms with Crippen LogP contribution in [0, 0.1) is 6.92 Å². The van der Waals surface area contributed by atoms with E-state index in [1.807, 2.05) is 0 Å². The lowest BCUT2D eigenvalue weighted by molar-refractivity contribution is -0.137. The normalized spacial score (nSPS) is 24.8. The molecule has 5 aliphatic rings. The molecular formula is C33H39F3N4O7S. The lowest BCUT2D eigenvalue weighted by atomic mass is 9.89. The van der Waals surface area contributed by atoms with Crippen molar-refractivity contribution >= 4 is 27.7 Å². The molecule has 2 aromatic rings. The molecular weight excluding hydrogens is 653 g/mol. The quantitative estimate of drug-likeness (QED) is 0.462. The first kappa shape index (κ1) is 35.5. The molecule has 2 N–H and O–H groups in total. The third kappa shape index (κ3) is 8.25. The maximum Gasteiger partial charge on any atom is 0.416 e. The van der Waals surface area contributed by atoms with Crippen molar-refractivity contribution in [1.29, 1.82) is 0 Å². The van der Waals surface area contributed by atoms with Gasteiger partial charge >= 0.3 is 6.18 Å². The number of nitrogens with one attached hydrogen (secondary N) is 1. The number of aliphatic hydroxyl groups is 1. The Morgan fingerprint density at radius 2 is 1.79 bits per heavy atom. The molecule has 0 unspecified atom stereocenters. The van der Waals surface area contributed by atoms with E-state index in [2.05, 4.69) is 10.3 Å². The predicted octanol–water partition coefficient (Wildman–Crippen LogP) is 3.09. The molecule has 2 amide bonds. The van der Waals surface area contributed by atoms with Crippen LogP contribution in [0.5, 0.6) is 5.75 Å². The van der Waals surface area contributed by atoms with Crippen molar-refractivity contribution in [2.24, 2.45) is 4.99 Å². The second kappa shape index (κ2) is 14.8. The molecule has 0 saturated carbocycles. The van der Waals surface area contributed by atoms with Crippen molar-refractivity contribution in [2.75, 3.05) is 58.4 Å². The van der Waals surface area contributed by atoms with Gasteiger partial charge in [-0.2, -0.15) is 13.2 Å². The van der Waals surface area contributed by atoms with Crippen LogP contribution < -0.4 is 10.1 Å². The van der Waals surface area contributed by atoms with Crippen LogP contribution in [-0.4, -0.2) is 104 Å². The maximum absolute atomic E-state index is 13.8. The van der Waals surface area contributed by atoms with E-state index in [0.717, 1.165) is 23.3 Å². The summed E-state index contributed by atoms with van der Waals surface area (Å²) in [5.41, 5.74) is -0.290. The molecule has 11 nitrogen and oxygen atoms in total. The highest BCUT2D eigenvalue weighted by Crippen LogP contribution is 2.36. The summed E-state index contributed by atoms with van der Waals surface area (Å²) in [6.45, 7) is 2.45. The third-order valence-electron chi connectivity index (χ3n) is 8.75. The predicted molar refractivity (Wildman–Crippen MR) is 171 cm³/mol. The molecule has 15 heteroatoms. The fourth-order valence-electron chi connectivity index (χ4n) is 5.96. The van der Waals surface area contributed by atoms with Crippen LogP contribution in [0.3, 0.4) is 0 Å². The van der Waals surface area contributed by atoms with Crippen LogP contribution in [0.15, 0.2) is 53.5 Å². The third-order valence-corrected chi connectivity index (χ3v) is 10.6. The monoisotopic (exact) mass is 692 g/mol. The number of rotatable bonds is 2. The number of ether oxygens (including phenoxy) is 2. The van der Waals surface area contributed by atoms with Crippen LogP contribution in [-0.2, 0) is 32.2 Å². The Hall–Kier alpha value is -3.79. The number of carbonyl (C=O) groups excluding carboxylic acids is 2. The highest BCUT2D eigenvalue weighted by Gasteiger charge is 2.47. The number of amides is 2. The number of fused-ring (bicyclic) bond motifs is 2. The zero-order chi connectivity index (χ0) is 34.5. The molecule has 0 aliphatic carbocycles. The summed E-state index contributed by atoms with van der Waals surface area (Å²) in [6, 6.07) is 8.27. The summed E-state index contributed by atoms with van der Waals surface area (Å²) < 4.78 is 80.7. The number of alkyl halides is 3. The largest absolute Gasteiger partial charge is 0.493 e. The first-order valence-corrected chi connectivity index (χ1v) is 17.4. The number of hydrogen-bond acceptors (Lipinski definition) is 8. The molecule has 5 aliphatic heterocycles. The summed E-state index contributed by atoms with van der Waals surface area (Å²) in [4.78, 5) is 32.4. The standard InChI is InChI=1S/C33H39F3N4O7S/c1-23-19-25-6-5-24(23)7-18-48(44,45)40-10-8-32(9-11-40)31(43)37-29(38-32)26-20-27(33(34,35)36)22-28(21-26)47-16-4-2-3-15-46-17-13-39(12-14-41)30(25)42/h2-3,5-6,19-22,41H,4,7-18H2,1H3,(H,37,38,43)/b3-2+. The van der Waals surface area contributed by atoms with E-state index in [-0.39, 0.29) is 101 Å². The number of carbonyl (C=O) groups is 2. The fourth-order valence-corrected chi connectivity index (χ4v) is 7.44. The Morgan fingerprint density at radius 1 is 1.02 bits per heavy atom. The lowest BCUT2D eigenvalue weighted by Gasteiger charge is -2.34. The number of aliphatic imine (C=N–C) groups is 1. The maximum atomic E-state index is 13.8. The van der Waals surface area contributed by atoms with Crippen LogP contribution in [0.25, 0.3) is 0 Å². The molecule has 0 atom stereocenters. The number of aliphatic hydroxyl groups excluding tert-OH is 1. The Labute approximate surface area is 277 Å². The van der Waals surface area contributed by atoms with Gasteiger partial charge in [0.15, 0.2) is 0 Å². The van der Waals surface area contributed by atoms with Gasteiger partial charge in [0.05, 0.1) is 37.7 Å². The topological polar surface area (TPSA) is 138 Å². The van der Waals surface area contributed by atoms with Gasteiger partial charge in [-0.3, -0.25) is 14.6 Å². The Kier molecular flexibility index (Phi) is 10.9. The van der Waals surface area contributed by atoms with Crippen LogP contribution >= 0.6 is 0 Å². The summed E-state index contributed by atoms with van der Waals surface area (Å²) in [7, 11) is -3.73. The summed E-state index contributed by atoms with van der Waals surface area (Å²) in [5.74, 6) is -1.03. The number of benzene rings is 2. The number of halogens is 3. The molecule has 7 rings (SSSR count). The zero-order valence-electron chi connectivity index (χ0n) is 26.6. The van der Waals surface area contributed by atoms with Gasteiger partial charge in [-0.15, -0.1) is 0 Å². The van der Waals surface area contributed by atoms with Crippen molar-refractivity contribution in [3.8, 4) is 5.75 Å². The smallest absolute Gasteiger partial charge is 0.416 e. The highest BCUT2D eigenvalue weighted by molar-refractivity contribution is 7.89. The molecule has 1 fully saturated rings. The molecule has 1 spiro atoms. The summed E-state index contributed by atoms with van der Waals surface area (Å²) in [5, 5.41) is 12.1. The Bertz CT molecular complexity index is 1690. The number of hydrogen-bond donors (Lipinski definition) is 2. The Morgan fingerprint density at radius 3 is 2.50 bits per heavy atom. The number of piperidine rings is 1. The van der Waals surface area contributed by atoms with Gasteiger partial charge in [0, 0.05) is 37.3 Å². The van der Waals surface area contributed by atoms with E-state index >= 15 is 0 Å². The molecule has 2 aromatic carbocycles. The molecule has 5 heterocycles. The first-order chi connectivity index (χ1) is 22.8. The van der Waals surface area contributed by atoms with E-state index in [4.69, 9.17) is 9.47 Å². The van der Waals surface area contributed by atoms with Crippen LogP contribution in [0.4, 0.5) is 13.2 Å². The van der Waals surface area contributed by atoms with Gasteiger partial charge in [-0.1, -0.05) is 18.2 Å². The van der Waals surface area contributed by atoms with Crippen molar-refractivity contribution in [3.63, 3.8) is 0 Å². The van der Waals surface area contributed by atoms with Crippen molar-refractivity contribution in [3.05, 3.63) is 76.4 Å². The van der Waals surface area contributed by atoms with Gasteiger partial charge in [-0.05, 0) is 74.1 Å². The van der Waals surface area contributed by atoms with Crippen molar-refractivity contribution < 1.29 is 45.8 Å². The molecule has 7 bridgehead atoms. The van der Waals surface area contributed by atoms with E-state index in [1.54, 1.807) is 37.3 Å². The second-order valence-corrected chi connectivity index (χ2v) is 14.1. The van der Waals surface area contributed by atoms with E-state index < -0.39 is 33.2 Å². The number of aryl methyl sites for hydroxylation is 2. The van der Waals surface area contributed by atoms with Crippen molar-refractivity contribution in [1.82, 2.24) is 14.5 Å². The van der Waals surface area contributed by atoms with Gasteiger partial charge in [0.1, 0.15) is 17.1 Å². The number of sulfonamides is 1. The van der Waals surface area contributed by atoms with Crippen LogP contribution in [0.1, 0.15) is 51.9 Å². The van der Waals surface area contributed by atoms with E-state index in [0.29, 0.717) is 12.0 Å². The highest BCUT2D eigenvalue weighted by atomic mass is 32.2. The first-order valence-electron chi connectivity index (χ1n) is 15.8. The fraction of sp³-hybridized carbons (Fsp3) is 0.485. The summed E-state index contributed by atoms with van der Waals surface area (Å²) >= 11 is 0. The molecule has 0 radical (unpaired) electrons. The molecule has 1 saturated heterocycles. The van der Waals surface area contributed by atoms with Gasteiger partial charge in [-0.25, -0.2) is 12.7 Å². The number of nitrogens with zero attached hydrogens (tertiary/aromatic N) is 3. The second-order valence-electron chi connectivity index (χ2n) is 12.0. The summed E-state index contributed by atoms with van der Waals surface area (Å²) in [6.07, 6.45) is -0.459. The lowest BCUT2D eigenvalue weighted by Crippen LogP contribution is -2.50. The van der Waals surface area contributed by atoms with Crippen molar-refractivity contribution in [2.45, 2.75) is 44.3 Å². The average molecular weight is 693 g/mol. The van der Waals surface area contributed by atoms with Gasteiger partial charge in [0.25, 0.3) is 11.8 Å². The minimum atomic E-state index is -4.68. The molecule has 260 valence electrons. The van der Waals surface area contributed by atoms with Gasteiger partial charge < -0.3 is 24.8 Å². The minimum absolute atomic E-state index is 0.0170. The SMILES string of the molecule is Cc1cc2ccc1CCS(=O)(=O)N1CCC3(CC1)N=C(NC3=O)c1cc(cc(C(F)(F)F)c1)OCC/C=C/COCCN(CCO)C2=O. The van der Waals surface area contributed by atoms with Crippen LogP contribution in [0.2, 0.25) is 0 Å². The average Bonchev–Trinajstić information content (AvgIpc) is 3.36. The van der Waals surface area contributed by atoms with E-state index in [1.165, 1.54) is 15.3 Å². The molecule has 0 aromatic heterocycles. The zero-order valence-corrected chi connectivity index (χ0v) is 27.4. The molecule has 48 heavy (non-hydrogen) atoms. The van der Waals surface area contributed by atoms with Gasteiger partial charge in [0.2, 0.25) is 10.0 Å². The Balaban J connectivity index is 1.40.